The molecule has 1 aliphatic heterocycles. The maximum atomic E-state index is 12.4. The van der Waals surface area contributed by atoms with E-state index in [1.54, 1.807) is 18.9 Å². The monoisotopic (exact) mass is 336 g/mol. The van der Waals surface area contributed by atoms with Gasteiger partial charge in [-0.3, -0.25) is 14.3 Å². The summed E-state index contributed by atoms with van der Waals surface area (Å²) in [6.45, 7) is 7.74. The van der Waals surface area contributed by atoms with Gasteiger partial charge >= 0.3 is 0 Å². The van der Waals surface area contributed by atoms with E-state index in [0.717, 1.165) is 24.2 Å². The normalized spacial score (nSPS) is 20.4. The van der Waals surface area contributed by atoms with Crippen LogP contribution in [0.3, 0.4) is 0 Å². The lowest BCUT2D eigenvalue weighted by Gasteiger charge is -2.37. The zero-order valence-corrected chi connectivity index (χ0v) is 15.1. The summed E-state index contributed by atoms with van der Waals surface area (Å²) in [4.78, 5) is 26.1. The Hall–Kier alpha value is -1.89. The largest absolute Gasteiger partial charge is 0.382 e. The summed E-state index contributed by atoms with van der Waals surface area (Å²) in [6, 6.07) is 2.01. The third-order valence-electron chi connectivity index (χ3n) is 4.63. The van der Waals surface area contributed by atoms with Crippen LogP contribution in [-0.4, -0.2) is 58.8 Å². The molecule has 1 aliphatic rings. The number of carbonyl (C=O) groups is 2. The van der Waals surface area contributed by atoms with E-state index in [1.165, 1.54) is 0 Å². The van der Waals surface area contributed by atoms with Gasteiger partial charge < -0.3 is 15.0 Å². The number of aromatic nitrogens is 2. The summed E-state index contributed by atoms with van der Waals surface area (Å²) in [7, 11) is 1.61. The van der Waals surface area contributed by atoms with Crippen molar-refractivity contribution < 1.29 is 14.3 Å². The Labute approximate surface area is 143 Å². The Bertz CT molecular complexity index is 599. The second-order valence-electron chi connectivity index (χ2n) is 6.61. The average molecular weight is 336 g/mol. The lowest BCUT2D eigenvalue weighted by Crippen LogP contribution is -2.52. The van der Waals surface area contributed by atoms with Crippen LogP contribution in [0.1, 0.15) is 37.6 Å². The smallest absolute Gasteiger partial charge is 0.222 e. The van der Waals surface area contributed by atoms with E-state index < -0.39 is 5.54 Å². The van der Waals surface area contributed by atoms with Gasteiger partial charge in [0.15, 0.2) is 0 Å². The van der Waals surface area contributed by atoms with Gasteiger partial charge in [-0.2, -0.15) is 5.10 Å². The van der Waals surface area contributed by atoms with E-state index >= 15 is 0 Å². The van der Waals surface area contributed by atoms with E-state index in [2.05, 4.69) is 10.4 Å². The molecule has 0 spiro atoms. The molecular formula is C17H28N4O3. The molecule has 24 heavy (non-hydrogen) atoms. The molecule has 2 heterocycles. The topological polar surface area (TPSA) is 76.5 Å². The molecule has 1 unspecified atom stereocenters. The summed E-state index contributed by atoms with van der Waals surface area (Å²) >= 11 is 0. The van der Waals surface area contributed by atoms with Crippen molar-refractivity contribution in [3.05, 3.63) is 17.5 Å². The highest BCUT2D eigenvalue weighted by atomic mass is 16.5. The molecule has 7 heteroatoms. The number of amides is 2. The summed E-state index contributed by atoms with van der Waals surface area (Å²) in [6.07, 6.45) is 1.98. The summed E-state index contributed by atoms with van der Waals surface area (Å²) < 4.78 is 7.20. The van der Waals surface area contributed by atoms with Crippen molar-refractivity contribution in [1.82, 2.24) is 20.0 Å². The Balaban J connectivity index is 1.91. The van der Waals surface area contributed by atoms with Gasteiger partial charge in [-0.05, 0) is 32.8 Å². The molecule has 1 aromatic heterocycles. The lowest BCUT2D eigenvalue weighted by molar-refractivity contribution is -0.137. The molecule has 1 N–H and O–H groups in total. The molecule has 0 saturated carbocycles. The van der Waals surface area contributed by atoms with Crippen molar-refractivity contribution in [3.8, 4) is 0 Å². The fraction of sp³-hybridized carbons (Fsp3) is 0.706. The van der Waals surface area contributed by atoms with Crippen molar-refractivity contribution in [3.63, 3.8) is 0 Å². The van der Waals surface area contributed by atoms with Crippen LogP contribution in [0.2, 0.25) is 0 Å². The quantitative estimate of drug-likeness (QED) is 0.807. The minimum absolute atomic E-state index is 0.00000823. The van der Waals surface area contributed by atoms with Gasteiger partial charge in [0.25, 0.3) is 0 Å². The molecule has 1 atom stereocenters. The number of nitrogens with one attached hydrogen (secondary N) is 1. The van der Waals surface area contributed by atoms with Crippen LogP contribution < -0.4 is 5.32 Å². The van der Waals surface area contributed by atoms with Crippen LogP contribution in [0.4, 0.5) is 0 Å². The van der Waals surface area contributed by atoms with E-state index in [4.69, 9.17) is 4.74 Å². The maximum absolute atomic E-state index is 12.4. The van der Waals surface area contributed by atoms with Crippen LogP contribution in [-0.2, 0) is 20.9 Å². The van der Waals surface area contributed by atoms with Gasteiger partial charge in [-0.15, -0.1) is 0 Å². The van der Waals surface area contributed by atoms with Gasteiger partial charge in [0, 0.05) is 32.8 Å². The molecule has 1 fully saturated rings. The molecule has 1 saturated heterocycles. The lowest BCUT2D eigenvalue weighted by atomic mass is 9.92. The predicted octanol–water partition coefficient (Wildman–Crippen LogP) is 1.03. The second kappa shape index (κ2) is 7.79. The highest BCUT2D eigenvalue weighted by molar-refractivity contribution is 5.80. The minimum Gasteiger partial charge on any atom is -0.382 e. The number of methoxy groups -OCH3 is 1. The van der Waals surface area contributed by atoms with Crippen LogP contribution in [0.5, 0.6) is 0 Å². The van der Waals surface area contributed by atoms with Crippen LogP contribution in [0.25, 0.3) is 0 Å². The summed E-state index contributed by atoms with van der Waals surface area (Å²) in [5.74, 6) is -0.0540. The third-order valence-corrected chi connectivity index (χ3v) is 4.63. The number of ether oxygens (including phenoxy) is 1. The molecule has 1 aromatic rings. The molecule has 0 bridgehead atoms. The molecule has 0 radical (unpaired) electrons. The van der Waals surface area contributed by atoms with Crippen molar-refractivity contribution in [1.29, 1.82) is 0 Å². The molecule has 0 aromatic carbocycles. The van der Waals surface area contributed by atoms with Crippen LogP contribution >= 0.6 is 0 Å². The first-order valence-electron chi connectivity index (χ1n) is 8.43. The molecule has 134 valence electrons. The average Bonchev–Trinajstić information content (AvgIpc) is 3.03. The second-order valence-corrected chi connectivity index (χ2v) is 6.61. The zero-order valence-electron chi connectivity index (χ0n) is 15.1. The van der Waals surface area contributed by atoms with E-state index in [1.807, 2.05) is 24.6 Å². The van der Waals surface area contributed by atoms with Gasteiger partial charge in [0.05, 0.1) is 30.8 Å². The van der Waals surface area contributed by atoms with Crippen molar-refractivity contribution in [2.24, 2.45) is 0 Å². The SMILES string of the molecule is COCC1(CC(=O)NCCn2nc(C)cc2C)CCCN1C(C)=O. The Morgan fingerprint density at radius 1 is 1.42 bits per heavy atom. The van der Waals surface area contributed by atoms with Crippen molar-refractivity contribution in [2.45, 2.75) is 52.1 Å². The fourth-order valence-corrected chi connectivity index (χ4v) is 3.65. The van der Waals surface area contributed by atoms with Gasteiger partial charge in [0.1, 0.15) is 0 Å². The first-order valence-corrected chi connectivity index (χ1v) is 8.43. The predicted molar refractivity (Wildman–Crippen MR) is 90.6 cm³/mol. The molecule has 0 aliphatic carbocycles. The highest BCUT2D eigenvalue weighted by Crippen LogP contribution is 2.33. The maximum Gasteiger partial charge on any atom is 0.222 e. The van der Waals surface area contributed by atoms with E-state index in [9.17, 15) is 9.59 Å². The Kier molecular flexibility index (Phi) is 5.99. The minimum atomic E-state index is -0.511. The van der Waals surface area contributed by atoms with Gasteiger partial charge in [-0.1, -0.05) is 0 Å². The van der Waals surface area contributed by atoms with Gasteiger partial charge in [-0.25, -0.2) is 0 Å². The molecule has 7 nitrogen and oxygen atoms in total. The van der Waals surface area contributed by atoms with Crippen molar-refractivity contribution in [2.75, 3.05) is 26.8 Å². The van der Waals surface area contributed by atoms with E-state index in [-0.39, 0.29) is 18.2 Å². The number of carbonyl (C=O) groups excluding carboxylic acids is 2. The summed E-state index contributed by atoms with van der Waals surface area (Å²) in [5.41, 5.74) is 1.54. The van der Waals surface area contributed by atoms with Crippen molar-refractivity contribution >= 4 is 11.8 Å². The number of rotatable bonds is 7. The van der Waals surface area contributed by atoms with Crippen LogP contribution in [0, 0.1) is 13.8 Å². The fourth-order valence-electron chi connectivity index (χ4n) is 3.65. The number of aryl methyl sites for hydroxylation is 2. The number of hydrogen-bond donors (Lipinski definition) is 1. The Morgan fingerprint density at radius 2 is 2.17 bits per heavy atom. The first kappa shape index (κ1) is 18.4. The standard InChI is InChI=1S/C17H28N4O3/c1-13-10-14(2)21(19-13)9-7-18-16(23)11-17(12-24-4)6-5-8-20(17)15(3)22/h10H,5-9,11-12H2,1-4H3,(H,18,23). The highest BCUT2D eigenvalue weighted by Gasteiger charge is 2.44. The Morgan fingerprint density at radius 3 is 2.75 bits per heavy atom. The van der Waals surface area contributed by atoms with E-state index in [0.29, 0.717) is 26.2 Å². The third kappa shape index (κ3) is 4.14. The number of likely N-dealkylation sites (tertiary alicyclic amines) is 1. The zero-order chi connectivity index (χ0) is 17.7. The first-order chi connectivity index (χ1) is 11.4. The molecular weight excluding hydrogens is 308 g/mol. The number of nitrogens with zero attached hydrogens (tertiary/aromatic N) is 3. The van der Waals surface area contributed by atoms with Crippen LogP contribution in [0.15, 0.2) is 6.07 Å². The van der Waals surface area contributed by atoms with Gasteiger partial charge in [0.2, 0.25) is 11.8 Å². The number of hydrogen-bond acceptors (Lipinski definition) is 4. The molecule has 2 amide bonds. The summed E-state index contributed by atoms with van der Waals surface area (Å²) in [5, 5.41) is 7.33. The molecule has 2 rings (SSSR count).